The Labute approximate surface area is 177 Å². The van der Waals surface area contributed by atoms with Gasteiger partial charge < -0.3 is 15.1 Å². The van der Waals surface area contributed by atoms with Crippen molar-refractivity contribution in [3.8, 4) is 0 Å². The molecule has 0 radical (unpaired) electrons. The minimum atomic E-state index is -0.137. The van der Waals surface area contributed by atoms with Gasteiger partial charge in [-0.3, -0.25) is 4.79 Å². The highest BCUT2D eigenvalue weighted by Crippen LogP contribution is 2.30. The summed E-state index contributed by atoms with van der Waals surface area (Å²) in [5, 5.41) is 5.50. The standard InChI is InChI=1S/C21H21BrN6O/c1-3-19(29)27(2)17-4-5-18-14(10-17)6-8-23-20(18)28-9-7-16(13-28)26-21-24-11-15(22)12-25-21/h3-6,8,10-12,16H,1,7,9,13H2,2H3,(H,24,25,26). The fraction of sp³-hybridized carbons (Fsp3) is 0.238. The molecule has 2 aromatic heterocycles. The molecule has 29 heavy (non-hydrogen) atoms. The number of halogens is 1. The van der Waals surface area contributed by atoms with Gasteiger partial charge in [-0.2, -0.15) is 0 Å². The molecule has 0 bridgehead atoms. The van der Waals surface area contributed by atoms with Gasteiger partial charge in [0.15, 0.2) is 0 Å². The predicted octanol–water partition coefficient (Wildman–Crippen LogP) is 3.63. The Morgan fingerprint density at radius 1 is 1.31 bits per heavy atom. The molecule has 4 rings (SSSR count). The lowest BCUT2D eigenvalue weighted by Crippen LogP contribution is -2.27. The molecule has 0 spiro atoms. The van der Waals surface area contributed by atoms with Crippen molar-refractivity contribution in [2.75, 3.05) is 35.3 Å². The first-order chi connectivity index (χ1) is 14.0. The normalized spacial score (nSPS) is 16.1. The fourth-order valence-electron chi connectivity index (χ4n) is 3.51. The van der Waals surface area contributed by atoms with Crippen molar-refractivity contribution in [2.24, 2.45) is 0 Å². The molecule has 3 aromatic rings. The number of nitrogens with one attached hydrogen (secondary N) is 1. The number of hydrogen-bond donors (Lipinski definition) is 1. The number of rotatable bonds is 5. The van der Waals surface area contributed by atoms with Crippen LogP contribution in [0.15, 0.2) is 60.0 Å². The molecule has 0 saturated carbocycles. The summed E-state index contributed by atoms with van der Waals surface area (Å²) >= 11 is 3.35. The Morgan fingerprint density at radius 3 is 2.86 bits per heavy atom. The quantitative estimate of drug-likeness (QED) is 0.595. The van der Waals surface area contributed by atoms with Crippen molar-refractivity contribution in [1.29, 1.82) is 0 Å². The van der Waals surface area contributed by atoms with E-state index in [2.05, 4.69) is 47.7 Å². The maximum atomic E-state index is 11.9. The molecule has 7 nitrogen and oxygen atoms in total. The van der Waals surface area contributed by atoms with Gasteiger partial charge in [-0.15, -0.1) is 0 Å². The van der Waals surface area contributed by atoms with Crippen molar-refractivity contribution in [3.05, 3.63) is 60.0 Å². The summed E-state index contributed by atoms with van der Waals surface area (Å²) in [5.41, 5.74) is 0.827. The summed E-state index contributed by atoms with van der Waals surface area (Å²) < 4.78 is 0.857. The van der Waals surface area contributed by atoms with Gasteiger partial charge in [0.1, 0.15) is 5.82 Å². The Bertz CT molecular complexity index is 1050. The van der Waals surface area contributed by atoms with Crippen LogP contribution in [0.25, 0.3) is 10.8 Å². The van der Waals surface area contributed by atoms with E-state index in [1.807, 2.05) is 30.5 Å². The summed E-state index contributed by atoms with van der Waals surface area (Å²) in [4.78, 5) is 29.0. The molecular formula is C21H21BrN6O. The van der Waals surface area contributed by atoms with E-state index in [1.165, 1.54) is 6.08 Å². The molecule has 1 N–H and O–H groups in total. The molecule has 1 fully saturated rings. The van der Waals surface area contributed by atoms with Crippen molar-refractivity contribution in [3.63, 3.8) is 0 Å². The van der Waals surface area contributed by atoms with Gasteiger partial charge in [-0.05, 0) is 58.1 Å². The lowest BCUT2D eigenvalue weighted by molar-refractivity contribution is -0.113. The number of carbonyl (C=O) groups is 1. The SMILES string of the molecule is C=CC(=O)N(C)c1ccc2c(N3CCC(Nc4ncc(Br)cn4)C3)nccc2c1. The second kappa shape index (κ2) is 8.16. The highest BCUT2D eigenvalue weighted by Gasteiger charge is 2.25. The molecule has 1 unspecified atom stereocenters. The summed E-state index contributed by atoms with van der Waals surface area (Å²) in [6.07, 6.45) is 7.58. The number of nitrogens with zero attached hydrogens (tertiary/aromatic N) is 5. The number of amides is 1. The molecule has 1 aliphatic rings. The number of carbonyl (C=O) groups excluding carboxylic acids is 1. The van der Waals surface area contributed by atoms with Crippen molar-refractivity contribution < 1.29 is 4.79 Å². The molecule has 1 saturated heterocycles. The first-order valence-electron chi connectivity index (χ1n) is 9.33. The van der Waals surface area contributed by atoms with E-state index >= 15 is 0 Å². The second-order valence-electron chi connectivity index (χ2n) is 6.94. The van der Waals surface area contributed by atoms with Crippen LogP contribution in [0.3, 0.4) is 0 Å². The van der Waals surface area contributed by atoms with Gasteiger partial charge >= 0.3 is 0 Å². The molecule has 148 valence electrons. The zero-order valence-corrected chi connectivity index (χ0v) is 17.6. The van der Waals surface area contributed by atoms with Crippen LogP contribution in [0.1, 0.15) is 6.42 Å². The predicted molar refractivity (Wildman–Crippen MR) is 119 cm³/mol. The molecule has 1 amide bonds. The number of hydrogen-bond acceptors (Lipinski definition) is 6. The third-order valence-corrected chi connectivity index (χ3v) is 5.47. The lowest BCUT2D eigenvalue weighted by atomic mass is 10.1. The second-order valence-corrected chi connectivity index (χ2v) is 7.86. The topological polar surface area (TPSA) is 74.2 Å². The highest BCUT2D eigenvalue weighted by molar-refractivity contribution is 9.10. The lowest BCUT2D eigenvalue weighted by Gasteiger charge is -2.21. The molecule has 1 aliphatic heterocycles. The van der Waals surface area contributed by atoms with Crippen molar-refractivity contribution in [2.45, 2.75) is 12.5 Å². The smallest absolute Gasteiger partial charge is 0.250 e. The minimum absolute atomic E-state index is 0.137. The first-order valence-corrected chi connectivity index (χ1v) is 10.1. The number of benzene rings is 1. The zero-order chi connectivity index (χ0) is 20.4. The Balaban J connectivity index is 1.54. The first kappa shape index (κ1) is 19.3. The van der Waals surface area contributed by atoms with E-state index < -0.39 is 0 Å². The molecule has 3 heterocycles. The highest BCUT2D eigenvalue weighted by atomic mass is 79.9. The van der Waals surface area contributed by atoms with Gasteiger partial charge in [0, 0.05) is 55.8 Å². The van der Waals surface area contributed by atoms with Gasteiger partial charge in [0.05, 0.1) is 4.47 Å². The Hall–Kier alpha value is -3.00. The van der Waals surface area contributed by atoms with Crippen LogP contribution in [0.4, 0.5) is 17.5 Å². The number of fused-ring (bicyclic) bond motifs is 1. The molecule has 0 aliphatic carbocycles. The van der Waals surface area contributed by atoms with Crippen LogP contribution in [0.2, 0.25) is 0 Å². The van der Waals surface area contributed by atoms with E-state index in [1.54, 1.807) is 24.3 Å². The van der Waals surface area contributed by atoms with Crippen LogP contribution in [-0.4, -0.2) is 47.0 Å². The van der Waals surface area contributed by atoms with E-state index in [0.29, 0.717) is 5.95 Å². The van der Waals surface area contributed by atoms with Gasteiger partial charge in [0.25, 0.3) is 0 Å². The number of pyridine rings is 1. The molecule has 1 aromatic carbocycles. The summed E-state index contributed by atoms with van der Waals surface area (Å²) in [6.45, 7) is 5.27. The summed E-state index contributed by atoms with van der Waals surface area (Å²) in [5.74, 6) is 1.44. The van der Waals surface area contributed by atoms with Crippen molar-refractivity contribution in [1.82, 2.24) is 15.0 Å². The molecule has 1 atom stereocenters. The number of likely N-dealkylation sites (N-methyl/N-ethyl adjacent to an activating group) is 1. The maximum Gasteiger partial charge on any atom is 0.250 e. The summed E-state index contributed by atoms with van der Waals surface area (Å²) in [6, 6.07) is 8.19. The molecular weight excluding hydrogens is 432 g/mol. The number of aromatic nitrogens is 3. The number of anilines is 3. The zero-order valence-electron chi connectivity index (χ0n) is 16.0. The van der Waals surface area contributed by atoms with Crippen LogP contribution in [0, 0.1) is 0 Å². The Morgan fingerprint density at radius 2 is 2.10 bits per heavy atom. The summed E-state index contributed by atoms with van der Waals surface area (Å²) in [7, 11) is 1.74. The average Bonchev–Trinajstić information content (AvgIpc) is 3.21. The van der Waals surface area contributed by atoms with E-state index in [4.69, 9.17) is 0 Å². The third kappa shape index (κ3) is 4.07. The van der Waals surface area contributed by atoms with E-state index in [-0.39, 0.29) is 11.9 Å². The van der Waals surface area contributed by atoms with Crippen LogP contribution < -0.4 is 15.1 Å². The molecule has 8 heteroatoms. The fourth-order valence-corrected chi connectivity index (χ4v) is 3.72. The minimum Gasteiger partial charge on any atom is -0.354 e. The van der Waals surface area contributed by atoms with Gasteiger partial charge in [0.2, 0.25) is 11.9 Å². The van der Waals surface area contributed by atoms with E-state index in [9.17, 15) is 4.79 Å². The largest absolute Gasteiger partial charge is 0.354 e. The van der Waals surface area contributed by atoms with E-state index in [0.717, 1.165) is 46.3 Å². The van der Waals surface area contributed by atoms with Crippen LogP contribution >= 0.6 is 15.9 Å². The Kier molecular flexibility index (Phi) is 5.44. The van der Waals surface area contributed by atoms with Crippen LogP contribution in [-0.2, 0) is 4.79 Å². The average molecular weight is 453 g/mol. The van der Waals surface area contributed by atoms with Gasteiger partial charge in [-0.1, -0.05) is 6.58 Å². The maximum absolute atomic E-state index is 11.9. The van der Waals surface area contributed by atoms with Crippen molar-refractivity contribution >= 4 is 50.1 Å². The monoisotopic (exact) mass is 452 g/mol. The third-order valence-electron chi connectivity index (χ3n) is 5.06. The van der Waals surface area contributed by atoms with Gasteiger partial charge in [-0.25, -0.2) is 15.0 Å². The van der Waals surface area contributed by atoms with Crippen LogP contribution in [0.5, 0.6) is 0 Å².